The second-order valence-electron chi connectivity index (χ2n) is 15.8. The van der Waals surface area contributed by atoms with Crippen molar-refractivity contribution in [3.63, 3.8) is 0 Å². The van der Waals surface area contributed by atoms with Crippen LogP contribution in [0.1, 0.15) is 213 Å². The van der Waals surface area contributed by atoms with Crippen LogP contribution in [0, 0.1) is 0 Å². The third-order valence-corrected chi connectivity index (χ3v) is 11.0. The molecule has 0 radical (unpaired) electrons. The maximum Gasteiger partial charge on any atom is 0.472 e. The van der Waals surface area contributed by atoms with Crippen LogP contribution in [0.5, 0.6) is 0 Å². The predicted molar refractivity (Wildman–Crippen MR) is 238 cm³/mol. The fourth-order valence-electron chi connectivity index (χ4n) is 6.41. The molecule has 0 aromatic rings. The van der Waals surface area contributed by atoms with Crippen LogP contribution in [0.2, 0.25) is 0 Å². The number of allylic oxidation sites excluding steroid dienone is 6. The molecule has 0 fully saturated rings. The van der Waals surface area contributed by atoms with E-state index in [-0.39, 0.29) is 19.4 Å². The lowest BCUT2D eigenvalue weighted by molar-refractivity contribution is -0.161. The van der Waals surface area contributed by atoms with Crippen molar-refractivity contribution in [3.8, 4) is 0 Å². The van der Waals surface area contributed by atoms with E-state index in [2.05, 4.69) is 50.3 Å². The largest absolute Gasteiger partial charge is 0.472 e. The SMILES string of the molecule is CCCCC/C=C/C/C=C/C/C=C/CCCCC(=O)OC[C@H](COP(=O)(O)OC[C@@H](O)CO)OC(=O)CCCCCCCCCCCCCCCCCCCCCC. The molecule has 0 amide bonds. The standard InChI is InChI=1S/C47H87O10P/c1-3-5-7-9-11-13-15-17-19-20-21-22-23-25-27-29-31-33-35-37-39-47(51)57-45(43-56-58(52,53)55-41-44(49)40-48)42-54-46(50)38-36-34-32-30-28-26-24-18-16-14-12-10-8-6-4-2/h12,14,18,24,28,30,44-45,48-49H,3-11,13,15-17,19-23,25-27,29,31-43H2,1-2H3,(H,52,53)/b14-12+,24-18+,30-28+/t44-,45+/m0/s1. The maximum absolute atomic E-state index is 12.6. The van der Waals surface area contributed by atoms with Crippen molar-refractivity contribution < 1.29 is 47.8 Å². The summed E-state index contributed by atoms with van der Waals surface area (Å²) in [5.74, 6) is -0.962. The van der Waals surface area contributed by atoms with Gasteiger partial charge in [0.05, 0.1) is 19.8 Å². The molecule has 58 heavy (non-hydrogen) atoms. The van der Waals surface area contributed by atoms with E-state index < -0.39 is 51.8 Å². The van der Waals surface area contributed by atoms with Gasteiger partial charge in [-0.3, -0.25) is 18.6 Å². The first kappa shape index (κ1) is 56.2. The van der Waals surface area contributed by atoms with E-state index in [9.17, 15) is 24.2 Å². The molecule has 3 N–H and O–H groups in total. The Labute approximate surface area is 354 Å². The first-order chi connectivity index (χ1) is 28.2. The number of ether oxygens (including phenoxy) is 2. The number of aliphatic hydroxyl groups is 2. The second kappa shape index (κ2) is 43.3. The highest BCUT2D eigenvalue weighted by molar-refractivity contribution is 7.47. The van der Waals surface area contributed by atoms with Crippen LogP contribution in [-0.2, 0) is 32.7 Å². The van der Waals surface area contributed by atoms with Gasteiger partial charge in [-0.15, -0.1) is 0 Å². The molecule has 340 valence electrons. The zero-order valence-electron chi connectivity index (χ0n) is 37.0. The van der Waals surface area contributed by atoms with E-state index in [1.165, 1.54) is 122 Å². The van der Waals surface area contributed by atoms with Gasteiger partial charge in [0.25, 0.3) is 0 Å². The number of phosphoric ester groups is 1. The fourth-order valence-corrected chi connectivity index (χ4v) is 7.20. The molecule has 0 saturated heterocycles. The molecular formula is C47H87O10P. The van der Waals surface area contributed by atoms with Crippen LogP contribution in [0.4, 0.5) is 0 Å². The summed E-state index contributed by atoms with van der Waals surface area (Å²) in [6, 6.07) is 0. The summed E-state index contributed by atoms with van der Waals surface area (Å²) >= 11 is 0. The first-order valence-electron chi connectivity index (χ1n) is 23.4. The van der Waals surface area contributed by atoms with Gasteiger partial charge in [0, 0.05) is 12.8 Å². The van der Waals surface area contributed by atoms with Crippen molar-refractivity contribution in [2.45, 2.75) is 225 Å². The molecule has 0 bridgehead atoms. The van der Waals surface area contributed by atoms with Gasteiger partial charge in [-0.2, -0.15) is 0 Å². The Balaban J connectivity index is 4.25. The van der Waals surface area contributed by atoms with Gasteiger partial charge < -0.3 is 24.6 Å². The van der Waals surface area contributed by atoms with Gasteiger partial charge in [0.2, 0.25) is 0 Å². The molecule has 0 saturated carbocycles. The predicted octanol–water partition coefficient (Wildman–Crippen LogP) is 12.7. The molecule has 0 heterocycles. The Hall–Kier alpha value is -1.81. The van der Waals surface area contributed by atoms with E-state index in [1.54, 1.807) is 0 Å². The summed E-state index contributed by atoms with van der Waals surface area (Å²) in [4.78, 5) is 35.0. The fraction of sp³-hybridized carbons (Fsp3) is 0.830. The third kappa shape index (κ3) is 42.3. The minimum atomic E-state index is -4.63. The van der Waals surface area contributed by atoms with Crippen molar-refractivity contribution in [2.24, 2.45) is 0 Å². The molecule has 0 spiro atoms. The lowest BCUT2D eigenvalue weighted by atomic mass is 10.0. The smallest absolute Gasteiger partial charge is 0.462 e. The van der Waals surface area contributed by atoms with Gasteiger partial charge >= 0.3 is 19.8 Å². The van der Waals surface area contributed by atoms with Gasteiger partial charge in [0.1, 0.15) is 12.7 Å². The Morgan fingerprint density at radius 2 is 0.897 bits per heavy atom. The maximum atomic E-state index is 12.6. The topological polar surface area (TPSA) is 149 Å². The molecule has 3 atom stereocenters. The van der Waals surface area contributed by atoms with Gasteiger partial charge in [-0.25, -0.2) is 4.57 Å². The number of carbonyl (C=O) groups is 2. The average Bonchev–Trinajstić information content (AvgIpc) is 3.21. The summed E-state index contributed by atoms with van der Waals surface area (Å²) in [5, 5.41) is 18.4. The highest BCUT2D eigenvalue weighted by atomic mass is 31.2. The minimum absolute atomic E-state index is 0.179. The molecule has 0 aromatic carbocycles. The average molecular weight is 843 g/mol. The Kier molecular flexibility index (Phi) is 41.9. The number of hydrogen-bond donors (Lipinski definition) is 3. The number of phosphoric acid groups is 1. The second-order valence-corrected chi connectivity index (χ2v) is 17.2. The molecule has 0 aromatic heterocycles. The summed E-state index contributed by atoms with van der Waals surface area (Å²) < 4.78 is 32.7. The van der Waals surface area contributed by atoms with E-state index in [4.69, 9.17) is 23.6 Å². The van der Waals surface area contributed by atoms with Crippen molar-refractivity contribution in [1.29, 1.82) is 0 Å². The normalized spacial score (nSPS) is 14.1. The van der Waals surface area contributed by atoms with Crippen LogP contribution >= 0.6 is 7.82 Å². The number of rotatable bonds is 44. The molecule has 0 aliphatic heterocycles. The quantitative estimate of drug-likeness (QED) is 0.0234. The number of hydrogen-bond acceptors (Lipinski definition) is 9. The zero-order chi connectivity index (χ0) is 42.6. The van der Waals surface area contributed by atoms with Crippen molar-refractivity contribution >= 4 is 19.8 Å². The summed E-state index contributed by atoms with van der Waals surface area (Å²) in [6.45, 7) is 2.34. The highest BCUT2D eigenvalue weighted by Crippen LogP contribution is 2.43. The van der Waals surface area contributed by atoms with E-state index in [1.807, 2.05) is 0 Å². The lowest BCUT2D eigenvalue weighted by Crippen LogP contribution is -2.29. The summed E-state index contributed by atoms with van der Waals surface area (Å²) in [6.07, 6.45) is 45.4. The molecule has 0 rings (SSSR count). The first-order valence-corrected chi connectivity index (χ1v) is 24.9. The van der Waals surface area contributed by atoms with Crippen LogP contribution in [0.25, 0.3) is 0 Å². The Morgan fingerprint density at radius 3 is 1.38 bits per heavy atom. The van der Waals surface area contributed by atoms with Gasteiger partial charge in [-0.05, 0) is 51.4 Å². The zero-order valence-corrected chi connectivity index (χ0v) is 37.9. The number of unbranched alkanes of at least 4 members (excludes halogenated alkanes) is 24. The minimum Gasteiger partial charge on any atom is -0.462 e. The van der Waals surface area contributed by atoms with E-state index in [0.29, 0.717) is 12.8 Å². The van der Waals surface area contributed by atoms with Crippen molar-refractivity contribution in [2.75, 3.05) is 26.4 Å². The molecular weight excluding hydrogens is 755 g/mol. The number of aliphatic hydroxyl groups excluding tert-OH is 2. The summed E-state index contributed by atoms with van der Waals surface area (Å²) in [5.41, 5.74) is 0. The van der Waals surface area contributed by atoms with Crippen molar-refractivity contribution in [1.82, 2.24) is 0 Å². The third-order valence-electron chi connectivity index (χ3n) is 10.0. The monoisotopic (exact) mass is 843 g/mol. The molecule has 0 aliphatic carbocycles. The molecule has 11 heteroatoms. The van der Waals surface area contributed by atoms with Gasteiger partial charge in [-0.1, -0.05) is 185 Å². The summed E-state index contributed by atoms with van der Waals surface area (Å²) in [7, 11) is -4.63. The lowest BCUT2D eigenvalue weighted by Gasteiger charge is -2.20. The molecule has 1 unspecified atom stereocenters. The van der Waals surface area contributed by atoms with Crippen LogP contribution < -0.4 is 0 Å². The molecule has 0 aliphatic rings. The van der Waals surface area contributed by atoms with Crippen LogP contribution in [0.15, 0.2) is 36.5 Å². The van der Waals surface area contributed by atoms with Crippen molar-refractivity contribution in [3.05, 3.63) is 36.5 Å². The Morgan fingerprint density at radius 1 is 0.517 bits per heavy atom. The number of esters is 2. The van der Waals surface area contributed by atoms with E-state index in [0.717, 1.165) is 51.4 Å². The van der Waals surface area contributed by atoms with Crippen LogP contribution in [-0.4, -0.2) is 65.7 Å². The van der Waals surface area contributed by atoms with Crippen LogP contribution in [0.3, 0.4) is 0 Å². The van der Waals surface area contributed by atoms with E-state index >= 15 is 0 Å². The highest BCUT2D eigenvalue weighted by Gasteiger charge is 2.27. The van der Waals surface area contributed by atoms with Gasteiger partial charge in [0.15, 0.2) is 6.10 Å². The Bertz CT molecular complexity index is 1060. The molecule has 10 nitrogen and oxygen atoms in total. The number of carbonyl (C=O) groups excluding carboxylic acids is 2.